The van der Waals surface area contributed by atoms with Crippen LogP contribution in [0.5, 0.6) is 0 Å². The number of nitrogens with zero attached hydrogens (tertiary/aromatic N) is 2. The number of hydrogen-bond donors (Lipinski definition) is 2. The predicted molar refractivity (Wildman–Crippen MR) is 84.1 cm³/mol. The Hall–Kier alpha value is -1.56. The van der Waals surface area contributed by atoms with Gasteiger partial charge in [-0.2, -0.15) is 5.10 Å². The van der Waals surface area contributed by atoms with Crippen LogP contribution >= 0.6 is 11.3 Å². The Kier molecular flexibility index (Phi) is 4.04. The molecule has 0 radical (unpaired) electrons. The number of carbonyl (C=O) groups is 1. The second kappa shape index (κ2) is 5.44. The van der Waals surface area contributed by atoms with Crippen molar-refractivity contribution in [1.82, 2.24) is 15.1 Å². The predicted octanol–water partition coefficient (Wildman–Crippen LogP) is 2.69. The first-order valence-corrected chi connectivity index (χ1v) is 7.70. The van der Waals surface area contributed by atoms with E-state index < -0.39 is 0 Å². The molecule has 2 rings (SSSR count). The lowest BCUT2D eigenvalue weighted by molar-refractivity contribution is 0.0933. The molecule has 2 aromatic rings. The zero-order chi connectivity index (χ0) is 15.0. The van der Waals surface area contributed by atoms with Crippen LogP contribution in [-0.4, -0.2) is 21.7 Å². The maximum absolute atomic E-state index is 12.4. The molecule has 0 fully saturated rings. The van der Waals surface area contributed by atoms with Gasteiger partial charge in [0, 0.05) is 13.1 Å². The summed E-state index contributed by atoms with van der Waals surface area (Å²) in [6, 6.07) is 0.135. The van der Waals surface area contributed by atoms with E-state index >= 15 is 0 Å². The first-order chi connectivity index (χ1) is 9.36. The molecule has 0 saturated carbocycles. The number of aromatic nitrogens is 2. The molecule has 110 valence electrons. The lowest BCUT2D eigenvalue weighted by Crippen LogP contribution is -2.36. The Balaban J connectivity index is 2.31. The summed E-state index contributed by atoms with van der Waals surface area (Å²) >= 11 is 1.40. The maximum atomic E-state index is 12.4. The van der Waals surface area contributed by atoms with Gasteiger partial charge in [-0.1, -0.05) is 20.3 Å². The number of rotatable bonds is 4. The number of nitrogens with two attached hydrogens (primary N) is 1. The van der Waals surface area contributed by atoms with Gasteiger partial charge in [0.15, 0.2) is 0 Å². The van der Waals surface area contributed by atoms with Crippen molar-refractivity contribution >= 4 is 33.1 Å². The van der Waals surface area contributed by atoms with Crippen molar-refractivity contribution in [3.63, 3.8) is 0 Å². The molecule has 3 N–H and O–H groups in total. The van der Waals surface area contributed by atoms with Gasteiger partial charge < -0.3 is 11.1 Å². The minimum atomic E-state index is -0.0871. The Labute approximate surface area is 123 Å². The number of fused-ring (bicyclic) bond motifs is 1. The lowest BCUT2D eigenvalue weighted by atomic mass is 10.0. The first kappa shape index (κ1) is 14.8. The van der Waals surface area contributed by atoms with Crippen LogP contribution in [0.25, 0.3) is 10.2 Å². The number of nitrogens with one attached hydrogen (secondary N) is 1. The van der Waals surface area contributed by atoms with Gasteiger partial charge in [-0.05, 0) is 19.8 Å². The van der Waals surface area contributed by atoms with Gasteiger partial charge in [-0.25, -0.2) is 0 Å². The summed E-state index contributed by atoms with van der Waals surface area (Å²) in [6.45, 7) is 8.20. The number of anilines is 1. The van der Waals surface area contributed by atoms with Crippen LogP contribution in [0.4, 0.5) is 5.69 Å². The van der Waals surface area contributed by atoms with Gasteiger partial charge in [0.2, 0.25) is 0 Å². The van der Waals surface area contributed by atoms with Gasteiger partial charge in [-0.15, -0.1) is 11.3 Å². The van der Waals surface area contributed by atoms with Crippen LogP contribution in [0.1, 0.15) is 42.6 Å². The SMILES string of the molecule is CCC(C)C(C)NC(=O)c1sc2c(c(C)nn2C)c1N. The molecule has 0 saturated heterocycles. The third-order valence-electron chi connectivity index (χ3n) is 3.94. The van der Waals surface area contributed by atoms with E-state index in [1.165, 1.54) is 11.3 Å². The average Bonchev–Trinajstić information content (AvgIpc) is 2.88. The zero-order valence-electron chi connectivity index (χ0n) is 12.7. The van der Waals surface area contributed by atoms with E-state index in [-0.39, 0.29) is 11.9 Å². The Morgan fingerprint density at radius 3 is 2.70 bits per heavy atom. The van der Waals surface area contributed by atoms with E-state index in [0.717, 1.165) is 22.3 Å². The van der Waals surface area contributed by atoms with Gasteiger partial charge >= 0.3 is 0 Å². The fraction of sp³-hybridized carbons (Fsp3) is 0.571. The minimum absolute atomic E-state index is 0.0871. The Bertz CT molecular complexity index is 643. The highest BCUT2D eigenvalue weighted by atomic mass is 32.1. The summed E-state index contributed by atoms with van der Waals surface area (Å²) in [5.41, 5.74) is 7.55. The molecule has 0 aromatic carbocycles. The van der Waals surface area contributed by atoms with Crippen LogP contribution < -0.4 is 11.1 Å². The number of thiophene rings is 1. The molecule has 0 aliphatic rings. The second-order valence-corrected chi connectivity index (χ2v) is 6.38. The third-order valence-corrected chi connectivity index (χ3v) is 5.22. The molecule has 0 aliphatic carbocycles. The molecule has 0 spiro atoms. The summed E-state index contributed by atoms with van der Waals surface area (Å²) < 4.78 is 1.78. The standard InChI is InChI=1S/C14H22N4OS/c1-6-7(2)8(3)16-13(19)12-11(15)10-9(4)17-18(5)14(10)20-12/h7-8H,6,15H2,1-5H3,(H,16,19). The number of nitrogen functional groups attached to an aromatic ring is 1. The van der Waals surface area contributed by atoms with E-state index in [9.17, 15) is 4.79 Å². The first-order valence-electron chi connectivity index (χ1n) is 6.89. The van der Waals surface area contributed by atoms with Crippen LogP contribution in [0.2, 0.25) is 0 Å². The smallest absolute Gasteiger partial charge is 0.263 e. The minimum Gasteiger partial charge on any atom is -0.397 e. The lowest BCUT2D eigenvalue weighted by Gasteiger charge is -2.19. The highest BCUT2D eigenvalue weighted by Crippen LogP contribution is 2.35. The molecule has 2 heterocycles. The van der Waals surface area contributed by atoms with Crippen LogP contribution in [-0.2, 0) is 7.05 Å². The van der Waals surface area contributed by atoms with Gasteiger partial charge in [0.05, 0.1) is 16.8 Å². The zero-order valence-corrected chi connectivity index (χ0v) is 13.5. The summed E-state index contributed by atoms with van der Waals surface area (Å²) in [5.74, 6) is 0.355. The molecule has 2 unspecified atom stereocenters. The van der Waals surface area contributed by atoms with E-state index in [4.69, 9.17) is 5.73 Å². The number of hydrogen-bond acceptors (Lipinski definition) is 4. The molecular weight excluding hydrogens is 272 g/mol. The van der Waals surface area contributed by atoms with E-state index in [2.05, 4.69) is 24.3 Å². The maximum Gasteiger partial charge on any atom is 0.263 e. The number of aryl methyl sites for hydroxylation is 2. The summed E-state index contributed by atoms with van der Waals surface area (Å²) in [5, 5.41) is 8.27. The molecule has 5 nitrogen and oxygen atoms in total. The van der Waals surface area contributed by atoms with Crippen LogP contribution in [0.3, 0.4) is 0 Å². The highest BCUT2D eigenvalue weighted by molar-refractivity contribution is 7.21. The van der Waals surface area contributed by atoms with Crippen LogP contribution in [0.15, 0.2) is 0 Å². The second-order valence-electron chi connectivity index (χ2n) is 5.38. The molecule has 1 amide bonds. The van der Waals surface area contributed by atoms with Gasteiger partial charge in [-0.3, -0.25) is 9.48 Å². The van der Waals surface area contributed by atoms with Crippen molar-refractivity contribution in [3.05, 3.63) is 10.6 Å². The summed E-state index contributed by atoms with van der Waals surface area (Å²) in [7, 11) is 1.87. The van der Waals surface area contributed by atoms with E-state index in [0.29, 0.717) is 16.5 Å². The van der Waals surface area contributed by atoms with E-state index in [1.54, 1.807) is 4.68 Å². The van der Waals surface area contributed by atoms with Crippen molar-refractivity contribution in [1.29, 1.82) is 0 Å². The molecule has 6 heteroatoms. The number of carbonyl (C=O) groups excluding carboxylic acids is 1. The van der Waals surface area contributed by atoms with Crippen molar-refractivity contribution < 1.29 is 4.79 Å². The van der Waals surface area contributed by atoms with Gasteiger partial charge in [0.1, 0.15) is 9.71 Å². The van der Waals surface area contributed by atoms with Crippen molar-refractivity contribution in [2.75, 3.05) is 5.73 Å². The van der Waals surface area contributed by atoms with Crippen molar-refractivity contribution in [2.24, 2.45) is 13.0 Å². The molecular formula is C14H22N4OS. The fourth-order valence-electron chi connectivity index (χ4n) is 2.27. The summed E-state index contributed by atoms with van der Waals surface area (Å²) in [4.78, 5) is 13.9. The monoisotopic (exact) mass is 294 g/mol. The van der Waals surface area contributed by atoms with Crippen molar-refractivity contribution in [3.8, 4) is 0 Å². The van der Waals surface area contributed by atoms with Crippen molar-refractivity contribution in [2.45, 2.75) is 40.2 Å². The highest BCUT2D eigenvalue weighted by Gasteiger charge is 2.22. The molecule has 0 bridgehead atoms. The Morgan fingerprint density at radius 1 is 1.50 bits per heavy atom. The van der Waals surface area contributed by atoms with E-state index in [1.807, 2.05) is 20.9 Å². The topological polar surface area (TPSA) is 72.9 Å². The molecule has 2 atom stereocenters. The Morgan fingerprint density at radius 2 is 2.15 bits per heavy atom. The quantitative estimate of drug-likeness (QED) is 0.910. The summed E-state index contributed by atoms with van der Waals surface area (Å²) in [6.07, 6.45) is 1.03. The third kappa shape index (κ3) is 2.40. The molecule has 20 heavy (non-hydrogen) atoms. The van der Waals surface area contributed by atoms with Crippen LogP contribution in [0, 0.1) is 12.8 Å². The molecule has 0 aliphatic heterocycles. The number of amides is 1. The van der Waals surface area contributed by atoms with Gasteiger partial charge in [0.25, 0.3) is 5.91 Å². The molecule has 2 aromatic heterocycles. The fourth-order valence-corrected chi connectivity index (χ4v) is 3.36. The largest absolute Gasteiger partial charge is 0.397 e. The average molecular weight is 294 g/mol. The normalized spacial score (nSPS) is 14.4.